The van der Waals surface area contributed by atoms with Gasteiger partial charge in [0.25, 0.3) is 0 Å². The van der Waals surface area contributed by atoms with E-state index in [4.69, 9.17) is 22.1 Å². The van der Waals surface area contributed by atoms with Crippen LogP contribution in [0.3, 0.4) is 0 Å². The lowest BCUT2D eigenvalue weighted by Crippen LogP contribution is -2.40. The van der Waals surface area contributed by atoms with Gasteiger partial charge in [0.05, 0.1) is 16.5 Å². The number of para-hydroxylation sites is 1. The van der Waals surface area contributed by atoms with Crippen LogP contribution in [0.4, 0.5) is 0 Å². The third-order valence-electron chi connectivity index (χ3n) is 3.47. The molecule has 1 fully saturated rings. The van der Waals surface area contributed by atoms with E-state index in [1.165, 1.54) is 0 Å². The molecule has 1 heterocycles. The monoisotopic (exact) mass is 303 g/mol. The van der Waals surface area contributed by atoms with Crippen LogP contribution in [0.15, 0.2) is 24.3 Å². The van der Waals surface area contributed by atoms with Gasteiger partial charge >= 0.3 is 0 Å². The van der Waals surface area contributed by atoms with Crippen molar-refractivity contribution in [1.29, 1.82) is 0 Å². The van der Waals surface area contributed by atoms with Gasteiger partial charge in [0.2, 0.25) is 0 Å². The van der Waals surface area contributed by atoms with Crippen molar-refractivity contribution in [2.24, 2.45) is 11.7 Å². The fourth-order valence-electron chi connectivity index (χ4n) is 2.22. The molecule has 1 atom stereocenters. The van der Waals surface area contributed by atoms with Crippen molar-refractivity contribution in [2.45, 2.75) is 18.9 Å². The van der Waals surface area contributed by atoms with Gasteiger partial charge in [-0.3, -0.25) is 0 Å². The third-order valence-corrected chi connectivity index (χ3v) is 5.50. The molecule has 0 amide bonds. The summed E-state index contributed by atoms with van der Waals surface area (Å²) in [5.41, 5.74) is 6.07. The van der Waals surface area contributed by atoms with Crippen LogP contribution in [0.5, 0.6) is 5.75 Å². The van der Waals surface area contributed by atoms with Gasteiger partial charge in [-0.2, -0.15) is 0 Å². The number of hydrogen-bond acceptors (Lipinski definition) is 4. The first-order valence-corrected chi connectivity index (χ1v) is 8.51. The molecule has 0 radical (unpaired) electrons. The first kappa shape index (κ1) is 14.6. The van der Waals surface area contributed by atoms with E-state index in [0.29, 0.717) is 30.2 Å². The standard InChI is InChI=1S/C13H18ClNO3S/c14-11-3-1-2-4-13(11)18-9-12(15)10-5-7-19(16,17)8-6-10/h1-4,10,12H,5-9,15H2. The molecule has 0 saturated carbocycles. The van der Waals surface area contributed by atoms with Crippen LogP contribution < -0.4 is 10.5 Å². The van der Waals surface area contributed by atoms with Crippen LogP contribution in [0.1, 0.15) is 12.8 Å². The Kier molecular flexibility index (Phi) is 4.71. The van der Waals surface area contributed by atoms with Gasteiger partial charge in [0, 0.05) is 6.04 Å². The van der Waals surface area contributed by atoms with Crippen LogP contribution in [-0.2, 0) is 9.84 Å². The summed E-state index contributed by atoms with van der Waals surface area (Å²) in [6.07, 6.45) is 1.24. The lowest BCUT2D eigenvalue weighted by Gasteiger charge is -2.27. The summed E-state index contributed by atoms with van der Waals surface area (Å²) < 4.78 is 28.3. The van der Waals surface area contributed by atoms with Gasteiger partial charge < -0.3 is 10.5 Å². The fourth-order valence-corrected chi connectivity index (χ4v) is 3.94. The van der Waals surface area contributed by atoms with Crippen LogP contribution in [0, 0.1) is 5.92 Å². The Morgan fingerprint density at radius 1 is 1.32 bits per heavy atom. The molecule has 1 aliphatic rings. The highest BCUT2D eigenvalue weighted by molar-refractivity contribution is 7.91. The SMILES string of the molecule is NC(COc1ccccc1Cl)C1CCS(=O)(=O)CC1. The number of benzene rings is 1. The Morgan fingerprint density at radius 3 is 2.58 bits per heavy atom. The molecule has 0 spiro atoms. The summed E-state index contributed by atoms with van der Waals surface area (Å²) in [7, 11) is -2.84. The number of hydrogen-bond donors (Lipinski definition) is 1. The molecule has 1 aromatic carbocycles. The van der Waals surface area contributed by atoms with Gasteiger partial charge in [0.1, 0.15) is 22.2 Å². The summed E-state index contributed by atoms with van der Waals surface area (Å²) in [4.78, 5) is 0. The molecule has 2 rings (SSSR count). The van der Waals surface area contributed by atoms with Crippen LogP contribution >= 0.6 is 11.6 Å². The maximum atomic E-state index is 11.4. The van der Waals surface area contributed by atoms with Gasteiger partial charge in [-0.05, 0) is 30.9 Å². The van der Waals surface area contributed by atoms with E-state index in [-0.39, 0.29) is 23.5 Å². The first-order valence-electron chi connectivity index (χ1n) is 6.31. The van der Waals surface area contributed by atoms with E-state index >= 15 is 0 Å². The molecule has 1 aliphatic heterocycles. The fraction of sp³-hybridized carbons (Fsp3) is 0.538. The maximum Gasteiger partial charge on any atom is 0.150 e. The molecule has 1 unspecified atom stereocenters. The highest BCUT2D eigenvalue weighted by Gasteiger charge is 2.28. The Labute approximate surface area is 118 Å². The molecule has 6 heteroatoms. The second-order valence-corrected chi connectivity index (χ2v) is 7.61. The normalized spacial score (nSPS) is 20.9. The second-order valence-electron chi connectivity index (χ2n) is 4.89. The summed E-state index contributed by atoms with van der Waals surface area (Å²) in [5.74, 6) is 1.28. The van der Waals surface area contributed by atoms with E-state index in [1.54, 1.807) is 12.1 Å². The van der Waals surface area contributed by atoms with Crippen molar-refractivity contribution in [3.63, 3.8) is 0 Å². The minimum atomic E-state index is -2.84. The second kappa shape index (κ2) is 6.11. The van der Waals surface area contributed by atoms with Crippen LogP contribution in [0.25, 0.3) is 0 Å². The highest BCUT2D eigenvalue weighted by Crippen LogP contribution is 2.25. The molecule has 2 N–H and O–H groups in total. The summed E-state index contributed by atoms with van der Waals surface area (Å²) in [6.45, 7) is 0.356. The largest absolute Gasteiger partial charge is 0.490 e. The van der Waals surface area contributed by atoms with E-state index in [1.807, 2.05) is 12.1 Å². The Bertz CT molecular complexity index is 518. The van der Waals surface area contributed by atoms with Crippen molar-refractivity contribution < 1.29 is 13.2 Å². The summed E-state index contributed by atoms with van der Waals surface area (Å²) in [5, 5.41) is 0.556. The Hall–Kier alpha value is -0.780. The molecule has 1 aromatic rings. The van der Waals surface area contributed by atoms with Crippen LogP contribution in [-0.4, -0.2) is 32.6 Å². The van der Waals surface area contributed by atoms with Crippen molar-refractivity contribution in [1.82, 2.24) is 0 Å². The molecular formula is C13H18ClNO3S. The average Bonchev–Trinajstić information content (AvgIpc) is 2.37. The zero-order chi connectivity index (χ0) is 13.9. The molecule has 0 bridgehead atoms. The summed E-state index contributed by atoms with van der Waals surface area (Å²) in [6, 6.07) is 7.07. The highest BCUT2D eigenvalue weighted by atomic mass is 35.5. The quantitative estimate of drug-likeness (QED) is 0.922. The topological polar surface area (TPSA) is 69.4 Å². The Balaban J connectivity index is 1.85. The van der Waals surface area contributed by atoms with Crippen molar-refractivity contribution in [3.05, 3.63) is 29.3 Å². The molecular weight excluding hydrogens is 286 g/mol. The third kappa shape index (κ3) is 4.09. The predicted octanol–water partition coefficient (Wildman–Crippen LogP) is 1.87. The lowest BCUT2D eigenvalue weighted by atomic mass is 9.95. The number of halogens is 1. The minimum absolute atomic E-state index is 0.160. The number of sulfone groups is 1. The molecule has 106 valence electrons. The van der Waals surface area contributed by atoms with E-state index in [0.717, 1.165) is 0 Å². The number of rotatable bonds is 4. The predicted molar refractivity (Wildman–Crippen MR) is 76.3 cm³/mol. The smallest absolute Gasteiger partial charge is 0.150 e. The number of ether oxygens (including phenoxy) is 1. The van der Waals surface area contributed by atoms with Gasteiger partial charge in [-0.25, -0.2) is 8.42 Å². The number of nitrogens with two attached hydrogens (primary N) is 1. The van der Waals surface area contributed by atoms with Crippen molar-refractivity contribution in [2.75, 3.05) is 18.1 Å². The van der Waals surface area contributed by atoms with E-state index in [2.05, 4.69) is 0 Å². The molecule has 4 nitrogen and oxygen atoms in total. The lowest BCUT2D eigenvalue weighted by molar-refractivity contribution is 0.237. The van der Waals surface area contributed by atoms with Crippen molar-refractivity contribution >= 4 is 21.4 Å². The minimum Gasteiger partial charge on any atom is -0.490 e. The molecule has 19 heavy (non-hydrogen) atoms. The molecule has 0 aliphatic carbocycles. The van der Waals surface area contributed by atoms with Gasteiger partial charge in [-0.1, -0.05) is 23.7 Å². The van der Waals surface area contributed by atoms with Gasteiger partial charge in [-0.15, -0.1) is 0 Å². The van der Waals surface area contributed by atoms with Crippen molar-refractivity contribution in [3.8, 4) is 5.75 Å². The zero-order valence-corrected chi connectivity index (χ0v) is 12.2. The van der Waals surface area contributed by atoms with E-state index in [9.17, 15) is 8.42 Å². The van der Waals surface area contributed by atoms with Crippen LogP contribution in [0.2, 0.25) is 5.02 Å². The molecule has 0 aromatic heterocycles. The molecule has 1 saturated heterocycles. The maximum absolute atomic E-state index is 11.4. The van der Waals surface area contributed by atoms with E-state index < -0.39 is 9.84 Å². The Morgan fingerprint density at radius 2 is 1.95 bits per heavy atom. The average molecular weight is 304 g/mol. The first-order chi connectivity index (χ1) is 8.98. The van der Waals surface area contributed by atoms with Gasteiger partial charge in [0.15, 0.2) is 0 Å². The zero-order valence-electron chi connectivity index (χ0n) is 10.6. The summed E-state index contributed by atoms with van der Waals surface area (Å²) >= 11 is 5.99.